The molecule has 104 valence electrons. The molecule has 1 aromatic rings. The van der Waals surface area contributed by atoms with E-state index in [-0.39, 0.29) is 22.7 Å². The SMILES string of the molecule is CC1(C)SCNC1C(=O)NC1CCCc2occc21. The van der Waals surface area contributed by atoms with Gasteiger partial charge < -0.3 is 9.73 Å². The molecule has 2 aliphatic rings. The summed E-state index contributed by atoms with van der Waals surface area (Å²) in [7, 11) is 0. The number of rotatable bonds is 2. The second-order valence-electron chi connectivity index (χ2n) is 5.78. The highest BCUT2D eigenvalue weighted by atomic mass is 32.2. The number of carbonyl (C=O) groups excluding carboxylic acids is 1. The molecule has 1 aliphatic heterocycles. The van der Waals surface area contributed by atoms with Gasteiger partial charge in [0, 0.05) is 22.6 Å². The zero-order valence-corrected chi connectivity index (χ0v) is 12.2. The van der Waals surface area contributed by atoms with E-state index in [4.69, 9.17) is 4.42 Å². The number of hydrogen-bond donors (Lipinski definition) is 2. The summed E-state index contributed by atoms with van der Waals surface area (Å²) in [6, 6.07) is 1.98. The Bertz CT molecular complexity index is 484. The number of hydrogen-bond acceptors (Lipinski definition) is 4. The molecule has 1 fully saturated rings. The Labute approximate surface area is 117 Å². The summed E-state index contributed by atoms with van der Waals surface area (Å²) in [5, 5.41) is 6.47. The van der Waals surface area contributed by atoms with Crippen LogP contribution in [0.3, 0.4) is 0 Å². The molecule has 4 nitrogen and oxygen atoms in total. The van der Waals surface area contributed by atoms with E-state index in [1.54, 1.807) is 18.0 Å². The van der Waals surface area contributed by atoms with Gasteiger partial charge in [-0.1, -0.05) is 0 Å². The average Bonchev–Trinajstić information content (AvgIpc) is 2.95. The van der Waals surface area contributed by atoms with Gasteiger partial charge in [0.15, 0.2) is 0 Å². The standard InChI is InChI=1S/C14H20N2O2S/c1-14(2)12(15-8-19-14)13(17)16-10-4-3-5-11-9(10)6-7-18-11/h6-7,10,12,15H,3-5,8H2,1-2H3,(H,16,17). The molecule has 19 heavy (non-hydrogen) atoms. The first kappa shape index (κ1) is 13.1. The smallest absolute Gasteiger partial charge is 0.239 e. The Kier molecular flexibility index (Phi) is 3.35. The molecule has 3 rings (SSSR count). The highest BCUT2D eigenvalue weighted by Crippen LogP contribution is 2.34. The summed E-state index contributed by atoms with van der Waals surface area (Å²) >= 11 is 1.79. The van der Waals surface area contributed by atoms with Crippen molar-refractivity contribution in [2.45, 2.75) is 49.9 Å². The first-order valence-corrected chi connectivity index (χ1v) is 7.80. The summed E-state index contributed by atoms with van der Waals surface area (Å²) in [5.41, 5.74) is 1.16. The lowest BCUT2D eigenvalue weighted by atomic mass is 9.92. The minimum absolute atomic E-state index is 0.0437. The predicted molar refractivity (Wildman–Crippen MR) is 76.0 cm³/mol. The fourth-order valence-electron chi connectivity index (χ4n) is 2.94. The number of furan rings is 1. The summed E-state index contributed by atoms with van der Waals surface area (Å²) in [6.45, 7) is 4.23. The van der Waals surface area contributed by atoms with Crippen LogP contribution in [0.25, 0.3) is 0 Å². The number of thioether (sulfide) groups is 1. The Hall–Kier alpha value is -0.940. The number of fused-ring (bicyclic) bond motifs is 1. The van der Waals surface area contributed by atoms with Crippen molar-refractivity contribution in [3.63, 3.8) is 0 Å². The monoisotopic (exact) mass is 280 g/mol. The molecule has 2 heterocycles. The fraction of sp³-hybridized carbons (Fsp3) is 0.643. The van der Waals surface area contributed by atoms with Crippen molar-refractivity contribution in [1.82, 2.24) is 10.6 Å². The van der Waals surface area contributed by atoms with Gasteiger partial charge in [0.05, 0.1) is 12.3 Å². The minimum Gasteiger partial charge on any atom is -0.469 e. The van der Waals surface area contributed by atoms with Crippen LogP contribution in [0.4, 0.5) is 0 Å². The third kappa shape index (κ3) is 2.41. The number of amides is 1. The Balaban J connectivity index is 1.71. The molecule has 2 atom stereocenters. The maximum atomic E-state index is 12.4. The second kappa shape index (κ2) is 4.87. The molecule has 1 saturated heterocycles. The Morgan fingerprint density at radius 1 is 1.58 bits per heavy atom. The minimum atomic E-state index is -0.116. The van der Waals surface area contributed by atoms with E-state index in [1.165, 1.54) is 0 Å². The van der Waals surface area contributed by atoms with Crippen LogP contribution in [0.5, 0.6) is 0 Å². The molecule has 0 spiro atoms. The van der Waals surface area contributed by atoms with Crippen LogP contribution < -0.4 is 10.6 Å². The molecule has 5 heteroatoms. The highest BCUT2D eigenvalue weighted by molar-refractivity contribution is 8.00. The van der Waals surface area contributed by atoms with Gasteiger partial charge in [-0.3, -0.25) is 10.1 Å². The van der Waals surface area contributed by atoms with Crippen LogP contribution in [-0.2, 0) is 11.2 Å². The van der Waals surface area contributed by atoms with Gasteiger partial charge in [0.25, 0.3) is 0 Å². The molecule has 0 radical (unpaired) electrons. The number of aryl methyl sites for hydroxylation is 1. The maximum Gasteiger partial charge on any atom is 0.239 e. The average molecular weight is 280 g/mol. The van der Waals surface area contributed by atoms with E-state index < -0.39 is 0 Å². The molecule has 0 bridgehead atoms. The van der Waals surface area contributed by atoms with Crippen LogP contribution >= 0.6 is 11.8 Å². The van der Waals surface area contributed by atoms with Crippen molar-refractivity contribution in [2.75, 3.05) is 5.88 Å². The quantitative estimate of drug-likeness (QED) is 0.872. The van der Waals surface area contributed by atoms with Gasteiger partial charge in [0.1, 0.15) is 11.8 Å². The normalized spacial score (nSPS) is 28.9. The van der Waals surface area contributed by atoms with Gasteiger partial charge in [0.2, 0.25) is 5.91 Å². The van der Waals surface area contributed by atoms with Gasteiger partial charge in [-0.05, 0) is 32.8 Å². The molecule has 1 aliphatic carbocycles. The summed E-state index contributed by atoms with van der Waals surface area (Å²) < 4.78 is 5.42. The van der Waals surface area contributed by atoms with Gasteiger partial charge in [-0.15, -0.1) is 11.8 Å². The molecule has 0 aromatic carbocycles. The van der Waals surface area contributed by atoms with Crippen molar-refractivity contribution in [3.05, 3.63) is 23.7 Å². The van der Waals surface area contributed by atoms with E-state index in [9.17, 15) is 4.79 Å². The van der Waals surface area contributed by atoms with Crippen molar-refractivity contribution >= 4 is 17.7 Å². The third-order valence-electron chi connectivity index (χ3n) is 4.06. The molecule has 1 aromatic heterocycles. The van der Waals surface area contributed by atoms with Gasteiger partial charge >= 0.3 is 0 Å². The van der Waals surface area contributed by atoms with E-state index >= 15 is 0 Å². The van der Waals surface area contributed by atoms with Crippen LogP contribution in [0.1, 0.15) is 44.1 Å². The van der Waals surface area contributed by atoms with Crippen molar-refractivity contribution in [1.29, 1.82) is 0 Å². The molecular weight excluding hydrogens is 260 g/mol. The largest absolute Gasteiger partial charge is 0.469 e. The van der Waals surface area contributed by atoms with Crippen LogP contribution in [0.15, 0.2) is 16.7 Å². The number of carbonyl (C=O) groups is 1. The maximum absolute atomic E-state index is 12.4. The lowest BCUT2D eigenvalue weighted by Gasteiger charge is -2.28. The fourth-order valence-corrected chi connectivity index (χ4v) is 3.92. The lowest BCUT2D eigenvalue weighted by Crippen LogP contribution is -2.50. The molecule has 2 unspecified atom stereocenters. The van der Waals surface area contributed by atoms with Gasteiger partial charge in [-0.25, -0.2) is 0 Å². The zero-order chi connectivity index (χ0) is 13.5. The summed E-state index contributed by atoms with van der Waals surface area (Å²) in [6.07, 6.45) is 4.78. The Morgan fingerprint density at radius 2 is 2.42 bits per heavy atom. The molecular formula is C14H20N2O2S. The molecule has 2 N–H and O–H groups in total. The molecule has 0 saturated carbocycles. The van der Waals surface area contributed by atoms with Gasteiger partial charge in [-0.2, -0.15) is 0 Å². The van der Waals surface area contributed by atoms with Crippen LogP contribution in [-0.4, -0.2) is 22.6 Å². The zero-order valence-electron chi connectivity index (χ0n) is 11.4. The predicted octanol–water partition coefficient (Wildman–Crippen LogP) is 2.21. The number of nitrogens with one attached hydrogen (secondary N) is 2. The summed E-state index contributed by atoms with van der Waals surface area (Å²) in [5.74, 6) is 1.98. The second-order valence-corrected chi connectivity index (χ2v) is 7.41. The first-order chi connectivity index (χ1) is 9.08. The van der Waals surface area contributed by atoms with E-state index in [0.717, 1.165) is 36.5 Å². The Morgan fingerprint density at radius 3 is 3.16 bits per heavy atom. The van der Waals surface area contributed by atoms with Crippen LogP contribution in [0.2, 0.25) is 0 Å². The topological polar surface area (TPSA) is 54.3 Å². The molecule has 1 amide bonds. The van der Waals surface area contributed by atoms with Crippen molar-refractivity contribution in [2.24, 2.45) is 0 Å². The highest BCUT2D eigenvalue weighted by Gasteiger charge is 2.41. The van der Waals surface area contributed by atoms with Crippen molar-refractivity contribution < 1.29 is 9.21 Å². The van der Waals surface area contributed by atoms with Crippen LogP contribution in [0, 0.1) is 0 Å². The third-order valence-corrected chi connectivity index (χ3v) is 5.35. The van der Waals surface area contributed by atoms with E-state index in [1.807, 2.05) is 6.07 Å². The van der Waals surface area contributed by atoms with E-state index in [2.05, 4.69) is 24.5 Å². The van der Waals surface area contributed by atoms with E-state index in [0.29, 0.717) is 0 Å². The lowest BCUT2D eigenvalue weighted by molar-refractivity contribution is -0.124. The first-order valence-electron chi connectivity index (χ1n) is 6.82. The van der Waals surface area contributed by atoms with Crippen molar-refractivity contribution in [3.8, 4) is 0 Å². The summed E-state index contributed by atoms with van der Waals surface area (Å²) in [4.78, 5) is 12.4.